The summed E-state index contributed by atoms with van der Waals surface area (Å²) in [6.45, 7) is 11.6. The predicted octanol–water partition coefficient (Wildman–Crippen LogP) is 2.08. The predicted molar refractivity (Wildman–Crippen MR) is 60.8 cm³/mol. The molecule has 0 aromatic heterocycles. The number of aliphatic carboxylic acids is 1. The van der Waals surface area contributed by atoms with Gasteiger partial charge < -0.3 is 10.0 Å². The molecule has 1 atom stereocenters. The van der Waals surface area contributed by atoms with Crippen molar-refractivity contribution < 1.29 is 9.90 Å². The van der Waals surface area contributed by atoms with Crippen molar-refractivity contribution in [3.05, 3.63) is 0 Å². The molecule has 3 nitrogen and oxygen atoms in total. The standard InChI is InChI=1S/C12H23NO2/c1-9(11(14)15)10-7-13(8-10)6-5-12(2,3)4/h9-10H,5-8H2,1-4H3,(H,14,15). The average molecular weight is 213 g/mol. The van der Waals surface area contributed by atoms with Gasteiger partial charge in [-0.05, 0) is 24.3 Å². The van der Waals surface area contributed by atoms with Crippen LogP contribution in [0.15, 0.2) is 0 Å². The summed E-state index contributed by atoms with van der Waals surface area (Å²) in [4.78, 5) is 13.1. The summed E-state index contributed by atoms with van der Waals surface area (Å²) in [5.41, 5.74) is 0.378. The lowest BCUT2D eigenvalue weighted by Crippen LogP contribution is -2.51. The van der Waals surface area contributed by atoms with Crippen LogP contribution < -0.4 is 0 Å². The SMILES string of the molecule is CC(C(=O)O)C1CN(CCC(C)(C)C)C1. The van der Waals surface area contributed by atoms with Crippen LogP contribution in [0.4, 0.5) is 0 Å². The Kier molecular flexibility index (Phi) is 3.77. The molecule has 1 rings (SSSR count). The van der Waals surface area contributed by atoms with Crippen molar-refractivity contribution in [1.82, 2.24) is 4.90 Å². The summed E-state index contributed by atoms with van der Waals surface area (Å²) in [6, 6.07) is 0. The van der Waals surface area contributed by atoms with E-state index in [1.165, 1.54) is 6.42 Å². The van der Waals surface area contributed by atoms with Gasteiger partial charge in [-0.15, -0.1) is 0 Å². The van der Waals surface area contributed by atoms with Gasteiger partial charge in [0.15, 0.2) is 0 Å². The van der Waals surface area contributed by atoms with E-state index in [9.17, 15) is 4.79 Å². The van der Waals surface area contributed by atoms with Gasteiger partial charge >= 0.3 is 5.97 Å². The van der Waals surface area contributed by atoms with Crippen molar-refractivity contribution in [2.45, 2.75) is 34.1 Å². The molecule has 0 aliphatic carbocycles. The zero-order valence-corrected chi connectivity index (χ0v) is 10.3. The van der Waals surface area contributed by atoms with Crippen molar-refractivity contribution in [3.63, 3.8) is 0 Å². The zero-order valence-electron chi connectivity index (χ0n) is 10.3. The van der Waals surface area contributed by atoms with Gasteiger partial charge in [-0.2, -0.15) is 0 Å². The first kappa shape index (κ1) is 12.5. The summed E-state index contributed by atoms with van der Waals surface area (Å²) in [6.07, 6.45) is 1.18. The largest absolute Gasteiger partial charge is 0.481 e. The first-order valence-corrected chi connectivity index (χ1v) is 5.75. The second-order valence-electron chi connectivity index (χ2n) is 5.96. The maximum absolute atomic E-state index is 10.7. The molecule has 1 heterocycles. The minimum absolute atomic E-state index is 0.184. The lowest BCUT2D eigenvalue weighted by Gasteiger charge is -2.42. The number of carboxylic acids is 1. The second kappa shape index (κ2) is 4.52. The van der Waals surface area contributed by atoms with Crippen LogP contribution in [0.25, 0.3) is 0 Å². The van der Waals surface area contributed by atoms with Crippen molar-refractivity contribution in [2.75, 3.05) is 19.6 Å². The molecule has 0 spiro atoms. The summed E-state index contributed by atoms with van der Waals surface area (Å²) < 4.78 is 0. The number of likely N-dealkylation sites (tertiary alicyclic amines) is 1. The molecule has 0 aromatic carbocycles. The van der Waals surface area contributed by atoms with E-state index in [-0.39, 0.29) is 5.92 Å². The van der Waals surface area contributed by atoms with Crippen LogP contribution in [0.1, 0.15) is 34.1 Å². The van der Waals surface area contributed by atoms with Crippen LogP contribution in [0, 0.1) is 17.3 Å². The van der Waals surface area contributed by atoms with Gasteiger partial charge in [0.25, 0.3) is 0 Å². The van der Waals surface area contributed by atoms with Crippen molar-refractivity contribution >= 4 is 5.97 Å². The topological polar surface area (TPSA) is 40.5 Å². The van der Waals surface area contributed by atoms with Crippen LogP contribution >= 0.6 is 0 Å². The van der Waals surface area contributed by atoms with Crippen molar-refractivity contribution in [1.29, 1.82) is 0 Å². The smallest absolute Gasteiger partial charge is 0.306 e. The number of hydrogen-bond donors (Lipinski definition) is 1. The fourth-order valence-corrected chi connectivity index (χ4v) is 1.80. The van der Waals surface area contributed by atoms with Crippen LogP contribution in [-0.2, 0) is 4.79 Å². The highest BCUT2D eigenvalue weighted by atomic mass is 16.4. The Morgan fingerprint density at radius 1 is 1.47 bits per heavy atom. The summed E-state index contributed by atoms with van der Waals surface area (Å²) in [5, 5.41) is 8.84. The van der Waals surface area contributed by atoms with E-state index >= 15 is 0 Å². The fraction of sp³-hybridized carbons (Fsp3) is 0.917. The molecule has 1 aliphatic rings. The highest BCUT2D eigenvalue weighted by molar-refractivity contribution is 5.70. The molecule has 1 unspecified atom stereocenters. The molecular weight excluding hydrogens is 190 g/mol. The summed E-state index contributed by atoms with van der Waals surface area (Å²) in [5.74, 6) is -0.478. The first-order chi connectivity index (χ1) is 6.79. The number of carboxylic acid groups (broad SMARTS) is 1. The van der Waals surface area contributed by atoms with Crippen LogP contribution in [0.3, 0.4) is 0 Å². The van der Waals surface area contributed by atoms with Gasteiger partial charge in [0, 0.05) is 13.1 Å². The molecule has 0 bridgehead atoms. The third-order valence-electron chi connectivity index (χ3n) is 3.26. The number of carbonyl (C=O) groups is 1. The van der Waals surface area contributed by atoms with E-state index < -0.39 is 5.97 Å². The second-order valence-corrected chi connectivity index (χ2v) is 5.96. The molecule has 0 saturated carbocycles. The van der Waals surface area contributed by atoms with Crippen molar-refractivity contribution in [2.24, 2.45) is 17.3 Å². The highest BCUT2D eigenvalue weighted by Gasteiger charge is 2.34. The maximum atomic E-state index is 10.7. The van der Waals surface area contributed by atoms with Crippen LogP contribution in [-0.4, -0.2) is 35.6 Å². The lowest BCUT2D eigenvalue weighted by atomic mass is 9.85. The Morgan fingerprint density at radius 3 is 2.40 bits per heavy atom. The Balaban J connectivity index is 2.18. The molecule has 88 valence electrons. The summed E-state index contributed by atoms with van der Waals surface area (Å²) in [7, 11) is 0. The van der Waals surface area contributed by atoms with Gasteiger partial charge in [-0.25, -0.2) is 0 Å². The average Bonchev–Trinajstić information content (AvgIpc) is 1.98. The minimum atomic E-state index is -0.657. The minimum Gasteiger partial charge on any atom is -0.481 e. The van der Waals surface area contributed by atoms with E-state index in [2.05, 4.69) is 25.7 Å². The van der Waals surface area contributed by atoms with Crippen LogP contribution in [0.5, 0.6) is 0 Å². The molecule has 0 radical (unpaired) electrons. The highest BCUT2D eigenvalue weighted by Crippen LogP contribution is 2.26. The number of nitrogens with zero attached hydrogens (tertiary/aromatic N) is 1. The quantitative estimate of drug-likeness (QED) is 0.777. The molecule has 0 aromatic rings. The lowest BCUT2D eigenvalue weighted by molar-refractivity contribution is -0.145. The third-order valence-corrected chi connectivity index (χ3v) is 3.26. The Hall–Kier alpha value is -0.570. The van der Waals surface area contributed by atoms with Crippen molar-refractivity contribution in [3.8, 4) is 0 Å². The fourth-order valence-electron chi connectivity index (χ4n) is 1.80. The first-order valence-electron chi connectivity index (χ1n) is 5.75. The molecule has 1 N–H and O–H groups in total. The molecule has 3 heteroatoms. The summed E-state index contributed by atoms with van der Waals surface area (Å²) >= 11 is 0. The van der Waals surface area contributed by atoms with E-state index in [0.717, 1.165) is 19.6 Å². The Morgan fingerprint density at radius 2 is 2.00 bits per heavy atom. The molecular formula is C12H23NO2. The Labute approximate surface area is 92.5 Å². The van der Waals surface area contributed by atoms with Crippen LogP contribution in [0.2, 0.25) is 0 Å². The van der Waals surface area contributed by atoms with Gasteiger partial charge in [0.05, 0.1) is 5.92 Å². The number of rotatable bonds is 4. The molecule has 1 aliphatic heterocycles. The van der Waals surface area contributed by atoms with Gasteiger partial charge in [-0.1, -0.05) is 27.7 Å². The molecule has 0 amide bonds. The van der Waals surface area contributed by atoms with Gasteiger partial charge in [-0.3, -0.25) is 4.79 Å². The Bertz CT molecular complexity index is 226. The third kappa shape index (κ3) is 3.82. The van der Waals surface area contributed by atoms with E-state index in [0.29, 0.717) is 11.3 Å². The molecule has 1 fully saturated rings. The zero-order chi connectivity index (χ0) is 11.6. The number of hydrogen-bond acceptors (Lipinski definition) is 2. The van der Waals surface area contributed by atoms with E-state index in [4.69, 9.17) is 5.11 Å². The monoisotopic (exact) mass is 213 g/mol. The van der Waals surface area contributed by atoms with Gasteiger partial charge in [0.1, 0.15) is 0 Å². The van der Waals surface area contributed by atoms with E-state index in [1.807, 2.05) is 6.92 Å². The molecule has 15 heavy (non-hydrogen) atoms. The van der Waals surface area contributed by atoms with Gasteiger partial charge in [0.2, 0.25) is 0 Å². The molecule has 1 saturated heterocycles. The maximum Gasteiger partial charge on any atom is 0.306 e. The normalized spacial score (nSPS) is 21.1. The van der Waals surface area contributed by atoms with E-state index in [1.54, 1.807) is 0 Å².